The third-order valence-corrected chi connectivity index (χ3v) is 23.3. The molecule has 6 fully saturated rings. The van der Waals surface area contributed by atoms with Gasteiger partial charge in [0.15, 0.2) is 28.7 Å². The maximum absolute atomic E-state index is 13.9. The fourth-order valence-electron chi connectivity index (χ4n) is 17.6. The molecule has 78 heavy (non-hydrogen) atoms. The summed E-state index contributed by atoms with van der Waals surface area (Å²) in [6.45, 7) is 11.5. The molecule has 0 radical (unpaired) electrons. The summed E-state index contributed by atoms with van der Waals surface area (Å²) in [5.41, 5.74) is -4.62. The number of furan rings is 3. The molecule has 416 valence electrons. The number of ether oxygens (including phenoxy) is 2. The van der Waals surface area contributed by atoms with Gasteiger partial charge in [-0.15, -0.1) is 46.4 Å². The Kier molecular flexibility index (Phi) is 13.7. The minimum Gasteiger partial charge on any atom is -0.504 e. The van der Waals surface area contributed by atoms with Crippen LogP contribution in [0.5, 0.6) is 0 Å². The van der Waals surface area contributed by atoms with Gasteiger partial charge in [0.25, 0.3) is 0 Å². The number of aliphatic hydroxyl groups excluding tert-OH is 2. The largest absolute Gasteiger partial charge is 0.504 e. The van der Waals surface area contributed by atoms with Crippen molar-refractivity contribution < 1.29 is 71.6 Å². The van der Waals surface area contributed by atoms with Gasteiger partial charge in [0.05, 0.1) is 51.1 Å². The lowest BCUT2D eigenvalue weighted by atomic mass is 9.43. The number of hydrogen-bond acceptors (Lipinski definition) is 14. The fourth-order valence-corrected chi connectivity index (χ4v) is 19.1. The van der Waals surface area contributed by atoms with E-state index >= 15 is 0 Å². The number of allylic oxidation sites excluding steroid dienone is 7. The van der Waals surface area contributed by atoms with E-state index < -0.39 is 95.4 Å². The molecule has 0 aromatic carbocycles. The predicted molar refractivity (Wildman–Crippen MR) is 285 cm³/mol. The van der Waals surface area contributed by atoms with Crippen molar-refractivity contribution >= 4 is 87.4 Å². The highest BCUT2D eigenvalue weighted by molar-refractivity contribution is 6.30. The second-order valence-corrected chi connectivity index (χ2v) is 25.6. The fraction of sp³-hybridized carbons (Fsp3) is 0.542. The third-order valence-electron chi connectivity index (χ3n) is 21.1. The van der Waals surface area contributed by atoms with Crippen LogP contribution in [0.4, 0.5) is 0 Å². The zero-order valence-electron chi connectivity index (χ0n) is 44.0. The second kappa shape index (κ2) is 19.2. The molecule has 0 aliphatic heterocycles. The lowest BCUT2D eigenvalue weighted by Crippen LogP contribution is -2.70. The number of Topliss-reactive ketones (excluding diaryl/α,β-unsaturated/α-hetero) is 3. The standard InChI is InChI=1S/C32H32Cl2O8.C27H30Cl2O7/c1-18-14-22-21-9-8-19-15-20(35)10-11-29(19,2)31(21,34)26(41-27(37)23-6-4-12-39-23)16-30(22,3)32(18,25(36)17-33)42-28(38)24-7-5-13-40-24;1-13-10-17-15-5-4-14-11-18(30)20(32)22(33)25(14,3)26(15,29)8-7-24(17,2)27(13,19(31)12-28)16-6-9-36-21(16)23(34)35/h4-7,10-13,15,18,21-22,26H,8-9,14,16-17H2,1-3H3;6,9,11,13,15,17,30,32H,4-5,7-8,10,12H2,1-3H3,(H,34,35)/t18-,21+,22+,26+,29+,30+,31?,32+;13-,15?,17?,24+,25-,26-,27-/m11/s1. The lowest BCUT2D eigenvalue weighted by Gasteiger charge is -2.64. The lowest BCUT2D eigenvalue weighted by molar-refractivity contribution is -0.177. The Morgan fingerprint density at radius 2 is 1.35 bits per heavy atom. The first-order chi connectivity index (χ1) is 36.7. The van der Waals surface area contributed by atoms with E-state index in [2.05, 4.69) is 0 Å². The first kappa shape index (κ1) is 55.9. The summed E-state index contributed by atoms with van der Waals surface area (Å²) in [7, 11) is 0. The Labute approximate surface area is 470 Å². The van der Waals surface area contributed by atoms with Crippen LogP contribution >= 0.6 is 46.4 Å². The maximum atomic E-state index is 13.9. The number of ketones is 4. The van der Waals surface area contributed by atoms with Gasteiger partial charge in [0.1, 0.15) is 6.10 Å². The van der Waals surface area contributed by atoms with Crippen molar-refractivity contribution in [2.75, 3.05) is 11.8 Å². The quantitative estimate of drug-likeness (QED) is 0.126. The Morgan fingerprint density at radius 1 is 0.731 bits per heavy atom. The van der Waals surface area contributed by atoms with Crippen LogP contribution in [-0.2, 0) is 34.1 Å². The van der Waals surface area contributed by atoms with Crippen molar-refractivity contribution in [2.45, 2.75) is 126 Å². The van der Waals surface area contributed by atoms with E-state index in [1.165, 1.54) is 43.1 Å². The van der Waals surface area contributed by atoms with Crippen LogP contribution in [0.1, 0.15) is 137 Å². The van der Waals surface area contributed by atoms with Crippen LogP contribution < -0.4 is 0 Å². The molecule has 0 amide bonds. The first-order valence-electron chi connectivity index (χ1n) is 26.5. The van der Waals surface area contributed by atoms with Gasteiger partial charge in [0.2, 0.25) is 28.8 Å². The molecule has 6 saturated carbocycles. The number of rotatable bonds is 10. The Morgan fingerprint density at radius 3 is 1.97 bits per heavy atom. The minimum absolute atomic E-state index is 0.0114. The molecule has 3 heterocycles. The monoisotopic (exact) mass is 1150 g/mol. The number of carbonyl (C=O) groups excluding carboxylic acids is 6. The Balaban J connectivity index is 0.000000179. The van der Waals surface area contributed by atoms with Crippen molar-refractivity contribution in [3.63, 3.8) is 0 Å². The molecular formula is C59H62Cl4O15. The summed E-state index contributed by atoms with van der Waals surface area (Å²) in [6, 6.07) is 7.72. The summed E-state index contributed by atoms with van der Waals surface area (Å²) in [5, 5.41) is 30.4. The SMILES string of the molecule is C[C@@H]1CC2C3CCC4=CC(O)=C(O)C(=O)[C@]4(C)[C@@]3(Cl)CC[C@]2(C)[C@@]1(C(=O)CCl)c1ccoc1C(=O)O.C[C@@H]1C[C@H]2[C@@H]3CCC4=CC(=O)C=C[C@]4(C)C3(Cl)[C@@H](OC(=O)c3ccco3)C[C@]2(C)[C@@]1(OC(=O)c1ccco1)C(=O)CCl. The van der Waals surface area contributed by atoms with E-state index in [0.717, 1.165) is 5.57 Å². The normalized spacial score (nSPS) is 40.1. The Bertz CT molecular complexity index is 3150. The van der Waals surface area contributed by atoms with E-state index in [4.69, 9.17) is 69.1 Å². The molecule has 11 rings (SSSR count). The average Bonchev–Trinajstić information content (AvgIpc) is 4.38. The maximum Gasteiger partial charge on any atom is 0.375 e. The summed E-state index contributed by atoms with van der Waals surface area (Å²) >= 11 is 27.7. The zero-order chi connectivity index (χ0) is 56.5. The zero-order valence-corrected chi connectivity index (χ0v) is 47.0. The molecule has 3 unspecified atom stereocenters. The topological polar surface area (TPSA) is 238 Å². The van der Waals surface area contributed by atoms with Crippen molar-refractivity contribution in [1.29, 1.82) is 0 Å². The molecule has 0 spiro atoms. The molecule has 8 aliphatic carbocycles. The van der Waals surface area contributed by atoms with Crippen molar-refractivity contribution in [2.24, 2.45) is 57.2 Å². The van der Waals surface area contributed by atoms with E-state index in [1.807, 2.05) is 40.7 Å². The second-order valence-electron chi connectivity index (χ2n) is 23.8. The molecule has 15 nitrogen and oxygen atoms in total. The number of aromatic carboxylic acids is 1. The number of aliphatic hydroxyl groups is 2. The van der Waals surface area contributed by atoms with Gasteiger partial charge in [-0.25, -0.2) is 14.4 Å². The number of halogens is 4. The Hall–Kier alpha value is -5.35. The minimum atomic E-state index is -1.63. The van der Waals surface area contributed by atoms with Crippen LogP contribution in [0.15, 0.2) is 109 Å². The molecule has 0 bridgehead atoms. The van der Waals surface area contributed by atoms with Crippen LogP contribution in [0.25, 0.3) is 0 Å². The molecule has 3 N–H and O–H groups in total. The van der Waals surface area contributed by atoms with E-state index in [1.54, 1.807) is 31.2 Å². The van der Waals surface area contributed by atoms with Gasteiger partial charge < -0.3 is 38.0 Å². The van der Waals surface area contributed by atoms with Crippen LogP contribution in [0, 0.1) is 57.2 Å². The van der Waals surface area contributed by atoms with Crippen LogP contribution in [0.2, 0.25) is 0 Å². The van der Waals surface area contributed by atoms with E-state index in [0.29, 0.717) is 62.5 Å². The number of hydrogen-bond donors (Lipinski definition) is 3. The number of carboxylic acids is 1. The summed E-state index contributed by atoms with van der Waals surface area (Å²) in [6.07, 6.45) is 13.9. The van der Waals surface area contributed by atoms with Crippen LogP contribution in [0.3, 0.4) is 0 Å². The van der Waals surface area contributed by atoms with Gasteiger partial charge in [-0.05, 0) is 148 Å². The van der Waals surface area contributed by atoms with Gasteiger partial charge in [-0.1, -0.05) is 51.8 Å². The van der Waals surface area contributed by atoms with Crippen molar-refractivity contribution in [3.05, 3.63) is 119 Å². The van der Waals surface area contributed by atoms with Gasteiger partial charge in [0, 0.05) is 22.3 Å². The number of fused-ring (bicyclic) bond motifs is 10. The predicted octanol–water partition coefficient (Wildman–Crippen LogP) is 12.0. The summed E-state index contributed by atoms with van der Waals surface area (Å²) in [4.78, 5) is 90.3. The third kappa shape index (κ3) is 7.23. The smallest absolute Gasteiger partial charge is 0.375 e. The van der Waals surface area contributed by atoms with Crippen molar-refractivity contribution in [1.82, 2.24) is 0 Å². The average molecular weight is 1150 g/mol. The molecule has 3 aromatic rings. The van der Waals surface area contributed by atoms with Crippen LogP contribution in [-0.4, -0.2) is 89.6 Å². The summed E-state index contributed by atoms with van der Waals surface area (Å²) < 4.78 is 28.4. The molecule has 15 atom stereocenters. The molecular weight excluding hydrogens is 1090 g/mol. The molecule has 19 heteroatoms. The molecule has 0 saturated heterocycles. The highest BCUT2D eigenvalue weighted by Gasteiger charge is 2.78. The van der Waals surface area contributed by atoms with Gasteiger partial charge in [-0.3, -0.25) is 19.2 Å². The van der Waals surface area contributed by atoms with Crippen molar-refractivity contribution in [3.8, 4) is 0 Å². The summed E-state index contributed by atoms with van der Waals surface area (Å²) in [5.74, 6) is -7.57. The van der Waals surface area contributed by atoms with Gasteiger partial charge >= 0.3 is 17.9 Å². The van der Waals surface area contributed by atoms with E-state index in [9.17, 15) is 48.9 Å². The molecule has 8 aliphatic rings. The highest BCUT2D eigenvalue weighted by Crippen LogP contribution is 2.76. The number of carbonyl (C=O) groups is 7. The van der Waals surface area contributed by atoms with Gasteiger partial charge in [-0.2, -0.15) is 0 Å². The highest BCUT2D eigenvalue weighted by atomic mass is 35.5. The van der Waals surface area contributed by atoms with E-state index in [-0.39, 0.29) is 76.6 Å². The first-order valence-corrected chi connectivity index (χ1v) is 28.3. The number of carboxylic acid groups (broad SMARTS) is 1. The number of esters is 2. The molecule has 3 aromatic heterocycles. The number of alkyl halides is 4.